The molecule has 7 heteroatoms. The van der Waals surface area contributed by atoms with E-state index >= 15 is 0 Å². The first kappa shape index (κ1) is 24.9. The van der Waals surface area contributed by atoms with Crippen molar-refractivity contribution >= 4 is 57.0 Å². The Morgan fingerprint density at radius 3 is 2.53 bits per heavy atom. The fourth-order valence-electron chi connectivity index (χ4n) is 3.61. The van der Waals surface area contributed by atoms with Crippen molar-refractivity contribution in [2.24, 2.45) is 0 Å². The highest BCUT2D eigenvalue weighted by molar-refractivity contribution is 14.1. The zero-order chi connectivity index (χ0) is 25.5. The van der Waals surface area contributed by atoms with Crippen LogP contribution in [0.15, 0.2) is 90.5 Å². The number of hydrogen-bond donors (Lipinski definition) is 1. The van der Waals surface area contributed by atoms with Crippen molar-refractivity contribution in [3.63, 3.8) is 0 Å². The van der Waals surface area contributed by atoms with Gasteiger partial charge in [0, 0.05) is 9.26 Å². The minimum atomic E-state index is -0.524. The Morgan fingerprint density at radius 1 is 0.972 bits per heavy atom. The highest BCUT2D eigenvalue weighted by atomic mass is 127. The molecule has 0 unspecified atom stereocenters. The van der Waals surface area contributed by atoms with E-state index in [2.05, 4.69) is 27.9 Å². The zero-order valence-electron chi connectivity index (χ0n) is 19.3. The Balaban J connectivity index is 1.59. The van der Waals surface area contributed by atoms with Gasteiger partial charge in [0.2, 0.25) is 0 Å². The maximum absolute atomic E-state index is 13.0. The molecule has 0 fully saturated rings. The SMILES string of the molecule is CCOc1cc(/C=C(\C#N)C(=O)Nc2cccc(I)c2)ccc1OC(=O)c1cccc2ccccc12. The number of nitrogens with one attached hydrogen (secondary N) is 1. The van der Waals surface area contributed by atoms with Crippen LogP contribution in [0.5, 0.6) is 11.5 Å². The maximum Gasteiger partial charge on any atom is 0.344 e. The van der Waals surface area contributed by atoms with Crippen molar-refractivity contribution in [3.8, 4) is 17.6 Å². The van der Waals surface area contributed by atoms with E-state index < -0.39 is 11.9 Å². The molecular formula is C29H21IN2O4. The first-order valence-electron chi connectivity index (χ1n) is 11.1. The average molecular weight is 588 g/mol. The van der Waals surface area contributed by atoms with E-state index in [1.807, 2.05) is 55.5 Å². The van der Waals surface area contributed by atoms with Crippen LogP contribution in [0.2, 0.25) is 0 Å². The number of rotatable bonds is 7. The standard InChI is InChI=1S/C29H21IN2O4/c1-2-35-27-16-19(15-21(18-31)28(33)32-23-10-6-9-22(30)17-23)13-14-26(27)36-29(34)25-12-5-8-20-7-3-4-11-24(20)25/h3-17H,2H2,1H3,(H,32,33)/b21-15+. The van der Waals surface area contributed by atoms with Gasteiger partial charge in [-0.3, -0.25) is 4.79 Å². The first-order valence-corrected chi connectivity index (χ1v) is 12.2. The minimum absolute atomic E-state index is 0.0724. The second kappa shape index (κ2) is 11.5. The molecule has 0 aliphatic heterocycles. The molecule has 4 aromatic rings. The third-order valence-corrected chi connectivity index (χ3v) is 5.91. The lowest BCUT2D eigenvalue weighted by molar-refractivity contribution is -0.112. The molecule has 36 heavy (non-hydrogen) atoms. The van der Waals surface area contributed by atoms with E-state index in [9.17, 15) is 14.9 Å². The molecule has 4 aromatic carbocycles. The fraction of sp³-hybridized carbons (Fsp3) is 0.0690. The molecule has 0 saturated carbocycles. The van der Waals surface area contributed by atoms with Crippen LogP contribution in [-0.2, 0) is 4.79 Å². The van der Waals surface area contributed by atoms with Gasteiger partial charge < -0.3 is 14.8 Å². The maximum atomic E-state index is 13.0. The Labute approximate surface area is 222 Å². The summed E-state index contributed by atoms with van der Waals surface area (Å²) >= 11 is 2.15. The van der Waals surface area contributed by atoms with Crippen LogP contribution in [0.3, 0.4) is 0 Å². The summed E-state index contributed by atoms with van der Waals surface area (Å²) in [6.07, 6.45) is 1.46. The monoisotopic (exact) mass is 588 g/mol. The molecule has 0 atom stereocenters. The smallest absolute Gasteiger partial charge is 0.344 e. The van der Waals surface area contributed by atoms with Crippen LogP contribution in [0, 0.1) is 14.9 Å². The van der Waals surface area contributed by atoms with E-state index in [0.29, 0.717) is 29.2 Å². The van der Waals surface area contributed by atoms with E-state index in [-0.39, 0.29) is 11.3 Å². The summed E-state index contributed by atoms with van der Waals surface area (Å²) in [5, 5.41) is 14.0. The summed E-state index contributed by atoms with van der Waals surface area (Å²) in [6.45, 7) is 2.15. The molecule has 0 aliphatic rings. The van der Waals surface area contributed by atoms with Crippen molar-refractivity contribution in [3.05, 3.63) is 105 Å². The largest absolute Gasteiger partial charge is 0.490 e. The van der Waals surface area contributed by atoms with Gasteiger partial charge in [0.25, 0.3) is 5.91 Å². The number of halogens is 1. The lowest BCUT2D eigenvalue weighted by atomic mass is 10.0. The van der Waals surface area contributed by atoms with Gasteiger partial charge in [-0.1, -0.05) is 48.5 Å². The van der Waals surface area contributed by atoms with Crippen LogP contribution in [0.1, 0.15) is 22.8 Å². The molecule has 4 rings (SSSR count). The molecule has 1 amide bonds. The number of carbonyl (C=O) groups excluding carboxylic acids is 2. The van der Waals surface area contributed by atoms with E-state index in [1.165, 1.54) is 6.08 Å². The lowest BCUT2D eigenvalue weighted by Gasteiger charge is -2.12. The van der Waals surface area contributed by atoms with Gasteiger partial charge in [-0.15, -0.1) is 0 Å². The normalized spacial score (nSPS) is 11.0. The molecule has 178 valence electrons. The van der Waals surface area contributed by atoms with Crippen molar-refractivity contribution in [2.45, 2.75) is 6.92 Å². The van der Waals surface area contributed by atoms with Crippen LogP contribution < -0.4 is 14.8 Å². The van der Waals surface area contributed by atoms with Crippen molar-refractivity contribution in [2.75, 3.05) is 11.9 Å². The van der Waals surface area contributed by atoms with Crippen LogP contribution in [-0.4, -0.2) is 18.5 Å². The number of anilines is 1. The highest BCUT2D eigenvalue weighted by Crippen LogP contribution is 2.31. The lowest BCUT2D eigenvalue weighted by Crippen LogP contribution is -2.13. The summed E-state index contributed by atoms with van der Waals surface area (Å²) < 4.78 is 12.3. The Bertz CT molecular complexity index is 1520. The molecule has 0 radical (unpaired) electrons. The van der Waals surface area contributed by atoms with Gasteiger partial charge in [0.05, 0.1) is 12.2 Å². The van der Waals surface area contributed by atoms with Gasteiger partial charge in [0.1, 0.15) is 11.6 Å². The fourth-order valence-corrected chi connectivity index (χ4v) is 4.15. The van der Waals surface area contributed by atoms with Gasteiger partial charge in [-0.2, -0.15) is 5.26 Å². The van der Waals surface area contributed by atoms with Gasteiger partial charge >= 0.3 is 5.97 Å². The number of hydrogen-bond acceptors (Lipinski definition) is 5. The second-order valence-electron chi connectivity index (χ2n) is 7.69. The summed E-state index contributed by atoms with van der Waals surface area (Å²) in [7, 11) is 0. The van der Waals surface area contributed by atoms with Crippen LogP contribution in [0.25, 0.3) is 16.8 Å². The highest BCUT2D eigenvalue weighted by Gasteiger charge is 2.16. The van der Waals surface area contributed by atoms with E-state index in [4.69, 9.17) is 9.47 Å². The number of benzene rings is 4. The predicted octanol–water partition coefficient (Wildman–Crippen LogP) is 6.61. The Hall–Kier alpha value is -4.16. The summed E-state index contributed by atoms with van der Waals surface area (Å²) in [5.74, 6) is -0.460. The first-order chi connectivity index (χ1) is 17.5. The van der Waals surface area contributed by atoms with Crippen molar-refractivity contribution in [1.82, 2.24) is 0 Å². The van der Waals surface area contributed by atoms with Crippen LogP contribution in [0.4, 0.5) is 5.69 Å². The number of fused-ring (bicyclic) bond motifs is 1. The molecule has 0 aromatic heterocycles. The van der Waals surface area contributed by atoms with Crippen LogP contribution >= 0.6 is 22.6 Å². The van der Waals surface area contributed by atoms with E-state index in [1.54, 1.807) is 42.5 Å². The second-order valence-corrected chi connectivity index (χ2v) is 8.94. The molecule has 0 aliphatic carbocycles. The molecule has 0 spiro atoms. The molecular weight excluding hydrogens is 567 g/mol. The summed E-state index contributed by atoms with van der Waals surface area (Å²) in [4.78, 5) is 25.6. The van der Waals surface area contributed by atoms with Gasteiger partial charge in [0.15, 0.2) is 11.5 Å². The molecule has 1 N–H and O–H groups in total. The Kier molecular flexibility index (Phi) is 7.98. The molecule has 0 saturated heterocycles. The summed E-state index contributed by atoms with van der Waals surface area (Å²) in [6, 6.07) is 27.1. The average Bonchev–Trinajstić information content (AvgIpc) is 2.88. The van der Waals surface area contributed by atoms with Crippen molar-refractivity contribution in [1.29, 1.82) is 5.26 Å². The Morgan fingerprint density at radius 2 is 1.75 bits per heavy atom. The topological polar surface area (TPSA) is 88.4 Å². The number of nitrogens with zero attached hydrogens (tertiary/aromatic N) is 1. The third-order valence-electron chi connectivity index (χ3n) is 5.24. The zero-order valence-corrected chi connectivity index (χ0v) is 21.5. The number of carbonyl (C=O) groups is 2. The minimum Gasteiger partial charge on any atom is -0.490 e. The van der Waals surface area contributed by atoms with Gasteiger partial charge in [-0.25, -0.2) is 4.79 Å². The summed E-state index contributed by atoms with van der Waals surface area (Å²) in [5.41, 5.74) is 1.52. The molecule has 6 nitrogen and oxygen atoms in total. The van der Waals surface area contributed by atoms with E-state index in [0.717, 1.165) is 14.3 Å². The number of amides is 1. The third kappa shape index (κ3) is 5.90. The van der Waals surface area contributed by atoms with Crippen molar-refractivity contribution < 1.29 is 19.1 Å². The predicted molar refractivity (Wildman–Crippen MR) is 148 cm³/mol. The molecule has 0 heterocycles. The quantitative estimate of drug-likeness (QED) is 0.0864. The van der Waals surface area contributed by atoms with Gasteiger partial charge in [-0.05, 0) is 88.3 Å². The molecule has 0 bridgehead atoms. The number of nitriles is 1. The number of esters is 1. The number of ether oxygens (including phenoxy) is 2.